The molecule has 1 aromatic rings. The number of carbonyl (C=O) groups is 2. The van der Waals surface area contributed by atoms with Crippen LogP contribution in [0.4, 0.5) is 18.0 Å². The molecule has 3 aliphatic rings. The number of carbonyl (C=O) groups excluding carboxylic acids is 2. The van der Waals surface area contributed by atoms with E-state index in [1.165, 1.54) is 6.20 Å². The SMILES string of the molecule is C[C@H]1C2CC(c3cc(C(F)(F)F)ccn3)=CCN2C(=O)C12CCC(NC(=O)OC(C)(C)C)C2. The van der Waals surface area contributed by atoms with E-state index < -0.39 is 28.8 Å². The van der Waals surface area contributed by atoms with Crippen molar-refractivity contribution in [1.82, 2.24) is 15.2 Å². The van der Waals surface area contributed by atoms with Crippen LogP contribution in [0.25, 0.3) is 5.57 Å². The Labute approximate surface area is 191 Å². The van der Waals surface area contributed by atoms with Gasteiger partial charge >= 0.3 is 12.3 Å². The standard InChI is InChI=1S/C24H30F3N3O3/c1-14-19-11-15(18-12-16(6-9-28-18)24(25,26)27)7-10-30(19)20(31)23(14)8-5-17(13-23)29-21(32)33-22(2,3)4/h6-7,9,12,14,17,19H,5,8,10-11,13H2,1-4H3,(H,29,32)/t14-,17?,19?,23?/m0/s1. The van der Waals surface area contributed by atoms with Crippen molar-refractivity contribution in [3.05, 3.63) is 35.7 Å². The second-order valence-corrected chi connectivity index (χ2v) is 10.4. The van der Waals surface area contributed by atoms with Gasteiger partial charge in [-0.05, 0) is 70.1 Å². The van der Waals surface area contributed by atoms with Gasteiger partial charge in [0.1, 0.15) is 5.60 Å². The molecule has 1 spiro atoms. The van der Waals surface area contributed by atoms with Crippen LogP contribution in [0.15, 0.2) is 24.4 Å². The number of alkyl halides is 3. The highest BCUT2D eigenvalue weighted by Gasteiger charge is 2.60. The maximum absolute atomic E-state index is 13.5. The van der Waals surface area contributed by atoms with E-state index in [0.717, 1.165) is 17.7 Å². The fraction of sp³-hybridized carbons (Fsp3) is 0.625. The lowest BCUT2D eigenvalue weighted by atomic mass is 9.73. The minimum atomic E-state index is -4.43. The van der Waals surface area contributed by atoms with Crippen molar-refractivity contribution in [2.45, 2.75) is 77.2 Å². The molecule has 180 valence electrons. The summed E-state index contributed by atoms with van der Waals surface area (Å²) < 4.78 is 44.8. The maximum Gasteiger partial charge on any atom is 0.416 e. The van der Waals surface area contributed by atoms with Crippen LogP contribution < -0.4 is 5.32 Å². The molecule has 0 radical (unpaired) electrons. The largest absolute Gasteiger partial charge is 0.444 e. The van der Waals surface area contributed by atoms with Crippen LogP contribution in [-0.4, -0.2) is 46.1 Å². The Morgan fingerprint density at radius 3 is 2.70 bits per heavy atom. The lowest BCUT2D eigenvalue weighted by Gasteiger charge is -2.31. The van der Waals surface area contributed by atoms with Crippen LogP contribution in [0.3, 0.4) is 0 Å². The molecule has 2 amide bonds. The predicted molar refractivity (Wildman–Crippen MR) is 116 cm³/mol. The third-order valence-corrected chi connectivity index (χ3v) is 7.19. The summed E-state index contributed by atoms with van der Waals surface area (Å²) in [4.78, 5) is 31.7. The Bertz CT molecular complexity index is 985. The average Bonchev–Trinajstić information content (AvgIpc) is 3.22. The number of fused-ring (bicyclic) bond motifs is 1. The lowest BCUT2D eigenvalue weighted by molar-refractivity contribution is -0.138. The number of rotatable bonds is 2. The minimum absolute atomic E-state index is 0.00457. The Hall–Kier alpha value is -2.58. The molecule has 6 nitrogen and oxygen atoms in total. The first-order chi connectivity index (χ1) is 15.3. The molecule has 2 aliphatic heterocycles. The molecule has 1 saturated carbocycles. The molecule has 3 heterocycles. The molecule has 1 aliphatic carbocycles. The zero-order chi connectivity index (χ0) is 24.2. The molecule has 3 unspecified atom stereocenters. The van der Waals surface area contributed by atoms with E-state index in [1.807, 2.05) is 17.9 Å². The summed E-state index contributed by atoms with van der Waals surface area (Å²) >= 11 is 0. The van der Waals surface area contributed by atoms with Crippen molar-refractivity contribution in [2.75, 3.05) is 6.54 Å². The molecular formula is C24H30F3N3O3. The minimum Gasteiger partial charge on any atom is -0.444 e. The summed E-state index contributed by atoms with van der Waals surface area (Å²) in [5.41, 5.74) is -0.859. The van der Waals surface area contributed by atoms with Crippen LogP contribution in [0, 0.1) is 11.3 Å². The molecule has 2 fully saturated rings. The van der Waals surface area contributed by atoms with E-state index in [1.54, 1.807) is 20.8 Å². The van der Waals surface area contributed by atoms with Gasteiger partial charge in [0.15, 0.2) is 0 Å². The van der Waals surface area contributed by atoms with Crippen LogP contribution >= 0.6 is 0 Å². The fourth-order valence-electron chi connectivity index (χ4n) is 5.56. The number of amides is 2. The van der Waals surface area contributed by atoms with Crippen LogP contribution in [0.1, 0.15) is 64.6 Å². The van der Waals surface area contributed by atoms with Crippen molar-refractivity contribution in [3.63, 3.8) is 0 Å². The van der Waals surface area contributed by atoms with Crippen LogP contribution in [-0.2, 0) is 15.7 Å². The van der Waals surface area contributed by atoms with E-state index >= 15 is 0 Å². The molecular weight excluding hydrogens is 435 g/mol. The first-order valence-electron chi connectivity index (χ1n) is 11.3. The van der Waals surface area contributed by atoms with Gasteiger partial charge in [-0.25, -0.2) is 4.79 Å². The molecule has 4 rings (SSSR count). The topological polar surface area (TPSA) is 71.5 Å². The number of halogens is 3. The van der Waals surface area contributed by atoms with Gasteiger partial charge in [-0.3, -0.25) is 9.78 Å². The number of hydrogen-bond donors (Lipinski definition) is 1. The molecule has 1 saturated heterocycles. The second kappa shape index (κ2) is 8.02. The Morgan fingerprint density at radius 1 is 1.30 bits per heavy atom. The van der Waals surface area contributed by atoms with Crippen LogP contribution in [0.2, 0.25) is 0 Å². The van der Waals surface area contributed by atoms with E-state index in [2.05, 4.69) is 10.3 Å². The zero-order valence-electron chi connectivity index (χ0n) is 19.3. The van der Waals surface area contributed by atoms with Crippen molar-refractivity contribution in [1.29, 1.82) is 0 Å². The first-order valence-corrected chi connectivity index (χ1v) is 11.3. The lowest BCUT2D eigenvalue weighted by Crippen LogP contribution is -2.40. The highest BCUT2D eigenvalue weighted by atomic mass is 19.4. The van der Waals surface area contributed by atoms with Gasteiger partial charge < -0.3 is 15.0 Å². The maximum atomic E-state index is 13.5. The summed E-state index contributed by atoms with van der Waals surface area (Å²) in [6.07, 6.45) is 0.431. The van der Waals surface area contributed by atoms with Gasteiger partial charge in [0, 0.05) is 24.8 Å². The highest BCUT2D eigenvalue weighted by molar-refractivity contribution is 5.88. The van der Waals surface area contributed by atoms with Crippen LogP contribution in [0.5, 0.6) is 0 Å². The number of hydrogen-bond acceptors (Lipinski definition) is 4. The molecule has 1 aromatic heterocycles. The van der Waals surface area contributed by atoms with Gasteiger partial charge in [0.2, 0.25) is 5.91 Å². The predicted octanol–water partition coefficient (Wildman–Crippen LogP) is 4.80. The number of nitrogens with zero attached hydrogens (tertiary/aromatic N) is 2. The molecule has 4 atom stereocenters. The quantitative estimate of drug-likeness (QED) is 0.681. The summed E-state index contributed by atoms with van der Waals surface area (Å²) in [6.45, 7) is 7.79. The van der Waals surface area contributed by atoms with Gasteiger partial charge in [0.25, 0.3) is 0 Å². The number of pyridine rings is 1. The summed E-state index contributed by atoms with van der Waals surface area (Å²) in [6, 6.07) is 1.79. The van der Waals surface area contributed by atoms with Gasteiger partial charge in [-0.1, -0.05) is 13.0 Å². The fourth-order valence-corrected chi connectivity index (χ4v) is 5.56. The average molecular weight is 466 g/mol. The summed E-state index contributed by atoms with van der Waals surface area (Å²) in [5.74, 6) is 0.0747. The zero-order valence-corrected chi connectivity index (χ0v) is 19.3. The van der Waals surface area contributed by atoms with E-state index in [9.17, 15) is 22.8 Å². The van der Waals surface area contributed by atoms with Crippen molar-refractivity contribution >= 4 is 17.6 Å². The van der Waals surface area contributed by atoms with E-state index in [4.69, 9.17) is 4.74 Å². The Balaban J connectivity index is 1.48. The Kier molecular flexibility index (Phi) is 5.73. The molecule has 0 aromatic carbocycles. The number of aromatic nitrogens is 1. The smallest absolute Gasteiger partial charge is 0.416 e. The molecule has 0 bridgehead atoms. The second-order valence-electron chi connectivity index (χ2n) is 10.4. The van der Waals surface area contributed by atoms with Gasteiger partial charge in [0.05, 0.1) is 16.7 Å². The van der Waals surface area contributed by atoms with Crippen molar-refractivity contribution < 1.29 is 27.5 Å². The van der Waals surface area contributed by atoms with Gasteiger partial charge in [-0.15, -0.1) is 0 Å². The third kappa shape index (κ3) is 4.46. The van der Waals surface area contributed by atoms with Crippen molar-refractivity contribution in [2.24, 2.45) is 11.3 Å². The number of ether oxygens (including phenoxy) is 1. The number of alkyl carbamates (subject to hydrolysis) is 1. The monoisotopic (exact) mass is 465 g/mol. The molecule has 33 heavy (non-hydrogen) atoms. The van der Waals surface area contributed by atoms with Crippen molar-refractivity contribution in [3.8, 4) is 0 Å². The number of nitrogens with one attached hydrogen (secondary N) is 1. The molecule has 1 N–H and O–H groups in total. The third-order valence-electron chi connectivity index (χ3n) is 7.19. The summed E-state index contributed by atoms with van der Waals surface area (Å²) in [7, 11) is 0. The van der Waals surface area contributed by atoms with Gasteiger partial charge in [-0.2, -0.15) is 13.2 Å². The normalized spacial score (nSPS) is 29.8. The van der Waals surface area contributed by atoms with E-state index in [0.29, 0.717) is 37.9 Å². The van der Waals surface area contributed by atoms with E-state index in [-0.39, 0.29) is 23.9 Å². The highest BCUT2D eigenvalue weighted by Crippen LogP contribution is 2.54. The Morgan fingerprint density at radius 2 is 2.03 bits per heavy atom. The molecule has 9 heteroatoms. The first kappa shape index (κ1) is 23.6. The summed E-state index contributed by atoms with van der Waals surface area (Å²) in [5, 5.41) is 2.90.